The van der Waals surface area contributed by atoms with E-state index in [0.29, 0.717) is 18.9 Å². The molecule has 2 aromatic carbocycles. The lowest BCUT2D eigenvalue weighted by Crippen LogP contribution is -2.29. The fourth-order valence-corrected chi connectivity index (χ4v) is 3.88. The van der Waals surface area contributed by atoms with Crippen molar-refractivity contribution in [1.82, 2.24) is 4.72 Å². The third-order valence-electron chi connectivity index (χ3n) is 4.00. The molecule has 0 saturated heterocycles. The number of sulfonamides is 1. The average Bonchev–Trinajstić information content (AvgIpc) is 2.96. The molecular formula is C17H19NO4S. The van der Waals surface area contributed by atoms with E-state index in [1.807, 2.05) is 31.2 Å². The third kappa shape index (κ3) is 3.18. The first-order valence-electron chi connectivity index (χ1n) is 7.37. The number of ether oxygens (including phenoxy) is 2. The molecule has 1 heterocycles. The van der Waals surface area contributed by atoms with Gasteiger partial charge in [0, 0.05) is 18.0 Å². The van der Waals surface area contributed by atoms with Crippen LogP contribution in [0.3, 0.4) is 0 Å². The van der Waals surface area contributed by atoms with Gasteiger partial charge in [-0.1, -0.05) is 18.2 Å². The van der Waals surface area contributed by atoms with Crippen molar-refractivity contribution in [2.75, 3.05) is 20.3 Å². The van der Waals surface area contributed by atoms with Crippen molar-refractivity contribution in [3.8, 4) is 11.5 Å². The number of para-hydroxylation sites is 1. The lowest BCUT2D eigenvalue weighted by Gasteiger charge is -2.12. The Kier molecular flexibility index (Phi) is 4.28. The molecule has 1 unspecified atom stereocenters. The van der Waals surface area contributed by atoms with Gasteiger partial charge in [0.1, 0.15) is 11.5 Å². The summed E-state index contributed by atoms with van der Waals surface area (Å²) in [6.07, 6.45) is 0. The quantitative estimate of drug-likeness (QED) is 0.913. The molecule has 0 bridgehead atoms. The van der Waals surface area contributed by atoms with Crippen LogP contribution in [0.5, 0.6) is 11.5 Å². The molecule has 23 heavy (non-hydrogen) atoms. The smallest absolute Gasteiger partial charge is 0.240 e. The molecule has 3 rings (SSSR count). The lowest BCUT2D eigenvalue weighted by molar-refractivity contribution is 0.330. The number of hydrogen-bond acceptors (Lipinski definition) is 4. The molecule has 0 aliphatic carbocycles. The summed E-state index contributed by atoms with van der Waals surface area (Å²) in [5.41, 5.74) is 1.83. The molecule has 0 aromatic heterocycles. The molecule has 1 aliphatic rings. The highest BCUT2D eigenvalue weighted by molar-refractivity contribution is 7.89. The van der Waals surface area contributed by atoms with Gasteiger partial charge < -0.3 is 9.47 Å². The number of benzene rings is 2. The topological polar surface area (TPSA) is 64.6 Å². The zero-order chi connectivity index (χ0) is 16.4. The van der Waals surface area contributed by atoms with Crippen LogP contribution in [-0.2, 0) is 10.0 Å². The van der Waals surface area contributed by atoms with Gasteiger partial charge in [-0.15, -0.1) is 0 Å². The second-order valence-electron chi connectivity index (χ2n) is 5.53. The SMILES string of the molecule is COc1ccc(S(=O)(=O)NCC2COc3ccccc32)cc1C. The van der Waals surface area contributed by atoms with E-state index in [2.05, 4.69) is 4.72 Å². The molecule has 2 aromatic rings. The minimum atomic E-state index is -3.56. The molecule has 0 saturated carbocycles. The molecular weight excluding hydrogens is 314 g/mol. The highest BCUT2D eigenvalue weighted by Crippen LogP contribution is 2.33. The van der Waals surface area contributed by atoms with Crippen molar-refractivity contribution in [3.05, 3.63) is 53.6 Å². The van der Waals surface area contributed by atoms with Crippen molar-refractivity contribution in [2.24, 2.45) is 0 Å². The first kappa shape index (κ1) is 15.8. The van der Waals surface area contributed by atoms with Crippen molar-refractivity contribution in [3.63, 3.8) is 0 Å². The molecule has 1 aliphatic heterocycles. The van der Waals surface area contributed by atoms with Crippen molar-refractivity contribution in [2.45, 2.75) is 17.7 Å². The van der Waals surface area contributed by atoms with Gasteiger partial charge in [-0.05, 0) is 36.8 Å². The molecule has 0 amide bonds. The first-order chi connectivity index (χ1) is 11.0. The normalized spacial score (nSPS) is 16.7. The summed E-state index contributed by atoms with van der Waals surface area (Å²) in [6, 6.07) is 12.5. The zero-order valence-corrected chi connectivity index (χ0v) is 13.9. The molecule has 0 radical (unpaired) electrons. The summed E-state index contributed by atoms with van der Waals surface area (Å²) < 4.78 is 38.3. The molecule has 5 nitrogen and oxygen atoms in total. The van der Waals surface area contributed by atoms with E-state index >= 15 is 0 Å². The average molecular weight is 333 g/mol. The predicted octanol–water partition coefficient (Wildman–Crippen LogP) is 2.46. The van der Waals surface area contributed by atoms with Gasteiger partial charge in [-0.2, -0.15) is 0 Å². The zero-order valence-electron chi connectivity index (χ0n) is 13.1. The maximum atomic E-state index is 12.5. The first-order valence-corrected chi connectivity index (χ1v) is 8.85. The molecule has 1 atom stereocenters. The van der Waals surface area contributed by atoms with Gasteiger partial charge in [0.25, 0.3) is 0 Å². The van der Waals surface area contributed by atoms with Crippen molar-refractivity contribution >= 4 is 10.0 Å². The highest BCUT2D eigenvalue weighted by atomic mass is 32.2. The van der Waals surface area contributed by atoms with E-state index in [1.54, 1.807) is 25.3 Å². The summed E-state index contributed by atoms with van der Waals surface area (Å²) in [4.78, 5) is 0.239. The standard InChI is InChI=1S/C17H19NO4S/c1-12-9-14(7-8-16(12)21-2)23(19,20)18-10-13-11-22-17-6-4-3-5-15(13)17/h3-9,13,18H,10-11H2,1-2H3. The van der Waals surface area contributed by atoms with Crippen LogP contribution in [0.1, 0.15) is 17.0 Å². The molecule has 0 fully saturated rings. The van der Waals surface area contributed by atoms with Crippen LogP contribution in [0, 0.1) is 6.92 Å². The number of rotatable bonds is 5. The summed E-state index contributed by atoms with van der Waals surface area (Å²) in [6.45, 7) is 2.62. The maximum absolute atomic E-state index is 12.5. The summed E-state index contributed by atoms with van der Waals surface area (Å²) >= 11 is 0. The largest absolute Gasteiger partial charge is 0.496 e. The highest BCUT2D eigenvalue weighted by Gasteiger charge is 2.25. The van der Waals surface area contributed by atoms with Gasteiger partial charge in [0.15, 0.2) is 0 Å². The Hall–Kier alpha value is -2.05. The number of nitrogens with one attached hydrogen (secondary N) is 1. The Morgan fingerprint density at radius 1 is 1.26 bits per heavy atom. The van der Waals surface area contributed by atoms with Gasteiger partial charge in [0.05, 0.1) is 18.6 Å². The van der Waals surface area contributed by atoms with Crippen molar-refractivity contribution < 1.29 is 17.9 Å². The van der Waals surface area contributed by atoms with Crippen molar-refractivity contribution in [1.29, 1.82) is 0 Å². The number of hydrogen-bond donors (Lipinski definition) is 1. The Labute approximate surface area is 136 Å². The van der Waals surface area contributed by atoms with E-state index in [4.69, 9.17) is 9.47 Å². The predicted molar refractivity (Wildman–Crippen MR) is 87.6 cm³/mol. The van der Waals surface area contributed by atoms with E-state index < -0.39 is 10.0 Å². The van der Waals surface area contributed by atoms with Gasteiger partial charge >= 0.3 is 0 Å². The molecule has 122 valence electrons. The number of aryl methyl sites for hydroxylation is 1. The van der Waals surface area contributed by atoms with Gasteiger partial charge in [-0.3, -0.25) is 0 Å². The van der Waals surface area contributed by atoms with E-state index in [1.165, 1.54) is 0 Å². The molecule has 6 heteroatoms. The molecule has 0 spiro atoms. The van der Waals surface area contributed by atoms with Crippen LogP contribution in [-0.4, -0.2) is 28.7 Å². The third-order valence-corrected chi connectivity index (χ3v) is 5.42. The maximum Gasteiger partial charge on any atom is 0.240 e. The van der Waals surface area contributed by atoms with Crippen LogP contribution in [0.15, 0.2) is 47.4 Å². The number of fused-ring (bicyclic) bond motifs is 1. The Morgan fingerprint density at radius 3 is 2.78 bits per heavy atom. The van der Waals surface area contributed by atoms with Gasteiger partial charge in [-0.25, -0.2) is 13.1 Å². The minimum absolute atomic E-state index is 0.0281. The number of methoxy groups -OCH3 is 1. The summed E-state index contributed by atoms with van der Waals surface area (Å²) in [5.74, 6) is 1.53. The molecule has 1 N–H and O–H groups in total. The van der Waals surface area contributed by atoms with Crippen LogP contribution in [0.25, 0.3) is 0 Å². The van der Waals surface area contributed by atoms with Crippen LogP contribution < -0.4 is 14.2 Å². The fraction of sp³-hybridized carbons (Fsp3) is 0.294. The Balaban J connectivity index is 1.74. The summed E-state index contributed by atoms with van der Waals surface area (Å²) in [5, 5.41) is 0. The lowest BCUT2D eigenvalue weighted by atomic mass is 10.0. The summed E-state index contributed by atoms with van der Waals surface area (Å²) in [7, 11) is -2.00. The van der Waals surface area contributed by atoms with E-state index in [-0.39, 0.29) is 10.8 Å². The van der Waals surface area contributed by atoms with Gasteiger partial charge in [0.2, 0.25) is 10.0 Å². The van der Waals surface area contributed by atoms with E-state index in [9.17, 15) is 8.42 Å². The van der Waals surface area contributed by atoms with Crippen LogP contribution in [0.4, 0.5) is 0 Å². The minimum Gasteiger partial charge on any atom is -0.496 e. The monoisotopic (exact) mass is 333 g/mol. The Bertz CT molecular complexity index is 817. The van der Waals surface area contributed by atoms with Crippen LogP contribution >= 0.6 is 0 Å². The van der Waals surface area contributed by atoms with E-state index in [0.717, 1.165) is 16.9 Å². The van der Waals surface area contributed by atoms with Crippen LogP contribution in [0.2, 0.25) is 0 Å². The fourth-order valence-electron chi connectivity index (χ4n) is 2.71. The second-order valence-corrected chi connectivity index (χ2v) is 7.30. The second kappa shape index (κ2) is 6.22. The Morgan fingerprint density at radius 2 is 2.04 bits per heavy atom.